The van der Waals surface area contributed by atoms with E-state index in [9.17, 15) is 4.39 Å². The van der Waals surface area contributed by atoms with Crippen molar-refractivity contribution in [3.8, 4) is 0 Å². The van der Waals surface area contributed by atoms with Gasteiger partial charge >= 0.3 is 0 Å². The molecule has 1 unspecified atom stereocenters. The van der Waals surface area contributed by atoms with Crippen LogP contribution >= 0.6 is 0 Å². The summed E-state index contributed by atoms with van der Waals surface area (Å²) in [4.78, 5) is 3.09. The van der Waals surface area contributed by atoms with E-state index >= 15 is 0 Å². The number of alkyl halides is 1. The van der Waals surface area contributed by atoms with Crippen molar-refractivity contribution < 1.29 is 4.39 Å². The number of hydrogen-bond acceptors (Lipinski definition) is 1. The highest BCUT2D eigenvalue weighted by molar-refractivity contribution is 5.83. The third kappa shape index (κ3) is 1.52. The molecule has 0 aliphatic rings. The van der Waals surface area contributed by atoms with E-state index in [2.05, 4.69) is 4.98 Å². The van der Waals surface area contributed by atoms with Crippen LogP contribution in [0.3, 0.4) is 0 Å². The summed E-state index contributed by atoms with van der Waals surface area (Å²) in [5.41, 5.74) is 5.79. The molecule has 3 heteroatoms. The fourth-order valence-corrected chi connectivity index (χ4v) is 2.10. The van der Waals surface area contributed by atoms with E-state index in [1.54, 1.807) is 0 Å². The highest BCUT2D eigenvalue weighted by Gasteiger charge is 2.35. The van der Waals surface area contributed by atoms with E-state index in [-0.39, 0.29) is 12.5 Å². The number of fused-ring (bicyclic) bond motifs is 1. The number of H-pyrrole nitrogens is 1. The third-order valence-electron chi connectivity index (χ3n) is 3.25. The molecule has 0 bridgehead atoms. The zero-order chi connectivity index (χ0) is 11.8. The third-order valence-corrected chi connectivity index (χ3v) is 3.25. The van der Waals surface area contributed by atoms with Gasteiger partial charge in [0.25, 0.3) is 0 Å². The second kappa shape index (κ2) is 3.91. The highest BCUT2D eigenvalue weighted by Crippen LogP contribution is 2.37. The van der Waals surface area contributed by atoms with E-state index in [0.29, 0.717) is 5.56 Å². The number of rotatable bonds is 3. The number of nitrogens with one attached hydrogen (secondary N) is 1. The molecule has 0 fully saturated rings. The van der Waals surface area contributed by atoms with Crippen molar-refractivity contribution >= 4 is 10.9 Å². The molecular weight excluding hydrogens is 203 g/mol. The molecule has 0 saturated carbocycles. The number of aromatic nitrogens is 1. The van der Waals surface area contributed by atoms with Gasteiger partial charge in [0, 0.05) is 23.6 Å². The van der Waals surface area contributed by atoms with Crippen molar-refractivity contribution in [2.75, 3.05) is 6.54 Å². The average Bonchev–Trinajstić information content (AvgIpc) is 2.75. The molecule has 0 aliphatic heterocycles. The molecule has 2 rings (SSSR count). The van der Waals surface area contributed by atoms with Gasteiger partial charge in [-0.2, -0.15) is 0 Å². The van der Waals surface area contributed by atoms with Crippen LogP contribution in [0.2, 0.25) is 0 Å². The van der Waals surface area contributed by atoms with Gasteiger partial charge in [-0.05, 0) is 23.6 Å². The molecule has 16 heavy (non-hydrogen) atoms. The van der Waals surface area contributed by atoms with Crippen LogP contribution in [0.4, 0.5) is 4.39 Å². The average molecular weight is 220 g/mol. The Morgan fingerprint density at radius 1 is 1.38 bits per heavy atom. The molecule has 1 atom stereocenters. The lowest BCUT2D eigenvalue weighted by Gasteiger charge is -2.29. The Morgan fingerprint density at radius 3 is 2.75 bits per heavy atom. The van der Waals surface area contributed by atoms with Gasteiger partial charge in [-0.1, -0.05) is 26.0 Å². The van der Waals surface area contributed by atoms with Crippen LogP contribution in [0, 0.1) is 5.92 Å². The van der Waals surface area contributed by atoms with E-state index < -0.39 is 5.67 Å². The minimum atomic E-state index is -1.46. The molecule has 1 aromatic heterocycles. The van der Waals surface area contributed by atoms with Gasteiger partial charge < -0.3 is 10.7 Å². The first kappa shape index (κ1) is 11.1. The van der Waals surface area contributed by atoms with Gasteiger partial charge in [-0.15, -0.1) is 0 Å². The van der Waals surface area contributed by atoms with E-state index in [1.165, 1.54) is 0 Å². The molecular formula is C13H17FN2. The first-order valence-electron chi connectivity index (χ1n) is 5.55. The fourth-order valence-electron chi connectivity index (χ4n) is 2.10. The molecule has 0 saturated heterocycles. The first-order chi connectivity index (χ1) is 7.59. The molecule has 2 aromatic rings. The van der Waals surface area contributed by atoms with Crippen LogP contribution < -0.4 is 5.73 Å². The predicted molar refractivity (Wildman–Crippen MR) is 65.0 cm³/mol. The lowest BCUT2D eigenvalue weighted by atomic mass is 9.83. The summed E-state index contributed by atoms with van der Waals surface area (Å²) in [5.74, 6) is -0.141. The Hall–Kier alpha value is -1.35. The maximum Gasteiger partial charge on any atom is 0.151 e. The molecule has 0 aliphatic carbocycles. The van der Waals surface area contributed by atoms with Gasteiger partial charge in [-0.25, -0.2) is 4.39 Å². The van der Waals surface area contributed by atoms with Gasteiger partial charge in [0.15, 0.2) is 5.67 Å². The molecule has 3 N–H and O–H groups in total. The number of hydrogen-bond donors (Lipinski definition) is 2. The van der Waals surface area contributed by atoms with Gasteiger partial charge in [0.05, 0.1) is 0 Å². The summed E-state index contributed by atoms with van der Waals surface area (Å²) < 4.78 is 14.8. The quantitative estimate of drug-likeness (QED) is 0.820. The summed E-state index contributed by atoms with van der Waals surface area (Å²) in [6.07, 6.45) is 1.82. The first-order valence-corrected chi connectivity index (χ1v) is 5.55. The number of halogens is 1. The monoisotopic (exact) mass is 220 g/mol. The number of benzene rings is 1. The van der Waals surface area contributed by atoms with Crippen LogP contribution in [-0.2, 0) is 5.67 Å². The zero-order valence-electron chi connectivity index (χ0n) is 9.63. The Kier molecular flexibility index (Phi) is 2.72. The molecule has 0 radical (unpaired) electrons. The van der Waals surface area contributed by atoms with Crippen molar-refractivity contribution in [3.05, 3.63) is 36.0 Å². The van der Waals surface area contributed by atoms with Gasteiger partial charge in [0.2, 0.25) is 0 Å². The Morgan fingerprint density at radius 2 is 2.12 bits per heavy atom. The van der Waals surface area contributed by atoms with Crippen molar-refractivity contribution in [2.45, 2.75) is 19.5 Å². The van der Waals surface area contributed by atoms with E-state index in [0.717, 1.165) is 10.9 Å². The van der Waals surface area contributed by atoms with E-state index in [4.69, 9.17) is 5.73 Å². The van der Waals surface area contributed by atoms with Crippen LogP contribution in [0.1, 0.15) is 19.4 Å². The van der Waals surface area contributed by atoms with Crippen molar-refractivity contribution in [2.24, 2.45) is 11.7 Å². The minimum absolute atomic E-state index is 0.00889. The van der Waals surface area contributed by atoms with Crippen LogP contribution in [0.5, 0.6) is 0 Å². The van der Waals surface area contributed by atoms with Crippen molar-refractivity contribution in [1.29, 1.82) is 0 Å². The summed E-state index contributed by atoms with van der Waals surface area (Å²) >= 11 is 0. The van der Waals surface area contributed by atoms with Gasteiger partial charge in [0.1, 0.15) is 0 Å². The smallest absolute Gasteiger partial charge is 0.151 e. The lowest BCUT2D eigenvalue weighted by molar-refractivity contribution is 0.111. The number of aromatic amines is 1. The predicted octanol–water partition coefficient (Wildman–Crippen LogP) is 2.95. The minimum Gasteiger partial charge on any atom is -0.361 e. The standard InChI is InChI=1S/C13H17FN2/c1-9(2)13(14,8-15)11-4-3-5-12-10(11)6-7-16-12/h3-7,9,16H,8,15H2,1-2H3. The van der Waals surface area contributed by atoms with Crippen LogP contribution in [0.15, 0.2) is 30.5 Å². The maximum atomic E-state index is 14.8. The molecule has 1 aromatic carbocycles. The normalized spacial score (nSPS) is 15.6. The lowest BCUT2D eigenvalue weighted by Crippen LogP contribution is -2.35. The SMILES string of the molecule is CC(C)C(F)(CN)c1cccc2[nH]ccc12. The maximum absolute atomic E-state index is 14.8. The van der Waals surface area contributed by atoms with E-state index in [1.807, 2.05) is 44.3 Å². The van der Waals surface area contributed by atoms with Crippen LogP contribution in [0.25, 0.3) is 10.9 Å². The Bertz CT molecular complexity index is 489. The Labute approximate surface area is 94.7 Å². The second-order valence-electron chi connectivity index (χ2n) is 4.47. The number of nitrogens with two attached hydrogens (primary N) is 1. The van der Waals surface area contributed by atoms with Crippen molar-refractivity contribution in [3.63, 3.8) is 0 Å². The van der Waals surface area contributed by atoms with Crippen LogP contribution in [-0.4, -0.2) is 11.5 Å². The largest absolute Gasteiger partial charge is 0.361 e. The molecule has 0 amide bonds. The molecule has 1 heterocycles. The molecule has 0 spiro atoms. The molecule has 2 nitrogen and oxygen atoms in total. The van der Waals surface area contributed by atoms with Gasteiger partial charge in [-0.3, -0.25) is 0 Å². The second-order valence-corrected chi connectivity index (χ2v) is 4.47. The highest BCUT2D eigenvalue weighted by atomic mass is 19.1. The summed E-state index contributed by atoms with van der Waals surface area (Å²) in [5, 5.41) is 0.921. The summed E-state index contributed by atoms with van der Waals surface area (Å²) in [6.45, 7) is 3.73. The zero-order valence-corrected chi connectivity index (χ0v) is 9.63. The topological polar surface area (TPSA) is 41.8 Å². The molecule has 86 valence electrons. The van der Waals surface area contributed by atoms with Crippen molar-refractivity contribution in [1.82, 2.24) is 4.98 Å². The summed E-state index contributed by atoms with van der Waals surface area (Å²) in [6, 6.07) is 7.52. The Balaban J connectivity index is 2.65. The fraction of sp³-hybridized carbons (Fsp3) is 0.385. The summed E-state index contributed by atoms with van der Waals surface area (Å²) in [7, 11) is 0.